The van der Waals surface area contributed by atoms with E-state index in [0.717, 1.165) is 6.04 Å². The lowest BCUT2D eigenvalue weighted by molar-refractivity contribution is 0.209. The van der Waals surface area contributed by atoms with Gasteiger partial charge in [0.25, 0.3) is 0 Å². The van der Waals surface area contributed by atoms with E-state index in [1.54, 1.807) is 13.2 Å². The van der Waals surface area contributed by atoms with Crippen LogP contribution in [0.4, 0.5) is 0 Å². The average Bonchev–Trinajstić information content (AvgIpc) is 2.18. The van der Waals surface area contributed by atoms with Gasteiger partial charge in [-0.15, -0.1) is 6.58 Å². The predicted molar refractivity (Wildman–Crippen MR) is 63.7 cm³/mol. The Morgan fingerprint density at radius 1 is 1.43 bits per heavy atom. The van der Waals surface area contributed by atoms with E-state index in [4.69, 9.17) is 8.85 Å². The van der Waals surface area contributed by atoms with Crippen molar-refractivity contribution in [1.29, 1.82) is 0 Å². The van der Waals surface area contributed by atoms with E-state index < -0.39 is 8.56 Å². The smallest absolute Gasteiger partial charge is 0.340 e. The summed E-state index contributed by atoms with van der Waals surface area (Å²) in [5.41, 5.74) is 0.499. The summed E-state index contributed by atoms with van der Waals surface area (Å²) in [6, 6.07) is 1.09. The molecule has 84 valence electrons. The molecule has 0 saturated carbocycles. The van der Waals surface area contributed by atoms with Crippen LogP contribution in [0.3, 0.4) is 0 Å². The van der Waals surface area contributed by atoms with E-state index in [1.807, 2.05) is 0 Å². The molecule has 0 aromatic heterocycles. The largest absolute Gasteiger partial charge is 0.397 e. The third-order valence-electron chi connectivity index (χ3n) is 2.55. The van der Waals surface area contributed by atoms with Crippen LogP contribution in [0.25, 0.3) is 0 Å². The van der Waals surface area contributed by atoms with Crippen molar-refractivity contribution in [3.8, 4) is 0 Å². The quantitative estimate of drug-likeness (QED) is 0.457. The van der Waals surface area contributed by atoms with Crippen LogP contribution < -0.4 is 0 Å². The highest BCUT2D eigenvalue weighted by Gasteiger charge is 2.39. The van der Waals surface area contributed by atoms with Gasteiger partial charge in [-0.1, -0.05) is 39.7 Å². The summed E-state index contributed by atoms with van der Waals surface area (Å²) in [7, 11) is -0.177. The molecule has 0 rings (SSSR count). The van der Waals surface area contributed by atoms with E-state index in [9.17, 15) is 0 Å². The topological polar surface area (TPSA) is 18.5 Å². The summed E-state index contributed by atoms with van der Waals surface area (Å²) >= 11 is 0. The van der Waals surface area contributed by atoms with Crippen LogP contribution in [-0.4, -0.2) is 22.3 Å². The summed E-state index contributed by atoms with van der Waals surface area (Å²) in [5, 5.41) is 0. The maximum Gasteiger partial charge on any atom is 0.340 e. The van der Waals surface area contributed by atoms with Crippen LogP contribution in [-0.2, 0) is 8.85 Å². The lowest BCUT2D eigenvalue weighted by Crippen LogP contribution is -2.44. The van der Waals surface area contributed by atoms with Gasteiger partial charge in [-0.2, -0.15) is 0 Å². The Kier molecular flexibility index (Phi) is 7.14. The third-order valence-corrected chi connectivity index (χ3v) is 6.71. The first-order valence-electron chi connectivity index (χ1n) is 5.43. The van der Waals surface area contributed by atoms with Gasteiger partial charge in [0.1, 0.15) is 0 Å². The fourth-order valence-electron chi connectivity index (χ4n) is 1.55. The Hall–Kier alpha value is -0.123. The summed E-state index contributed by atoms with van der Waals surface area (Å²) in [6.07, 6.45) is 4.19. The maximum absolute atomic E-state index is 5.89. The lowest BCUT2D eigenvalue weighted by Gasteiger charge is -2.32. The normalized spacial score (nSPS) is 15.5. The van der Waals surface area contributed by atoms with E-state index >= 15 is 0 Å². The number of unbranched alkanes of at least 4 members (excludes halogenated alkanes) is 1. The minimum Gasteiger partial charge on any atom is -0.397 e. The first-order valence-corrected chi connectivity index (χ1v) is 7.53. The monoisotopic (exact) mass is 216 g/mol. The van der Waals surface area contributed by atoms with Gasteiger partial charge < -0.3 is 8.85 Å². The number of rotatable bonds is 8. The number of hydrogen-bond donors (Lipinski definition) is 0. The van der Waals surface area contributed by atoms with Crippen molar-refractivity contribution in [2.45, 2.75) is 45.2 Å². The second kappa shape index (κ2) is 7.21. The van der Waals surface area contributed by atoms with Crippen molar-refractivity contribution >= 4 is 8.56 Å². The summed E-state index contributed by atoms with van der Waals surface area (Å²) < 4.78 is 11.6. The van der Waals surface area contributed by atoms with E-state index in [0.29, 0.717) is 12.1 Å². The molecule has 0 amide bonds. The van der Waals surface area contributed by atoms with Gasteiger partial charge in [-0.25, -0.2) is 0 Å². The molecule has 0 saturated heterocycles. The molecule has 0 aliphatic rings. The molecule has 0 bridgehead atoms. The van der Waals surface area contributed by atoms with E-state index in [2.05, 4.69) is 27.4 Å². The van der Waals surface area contributed by atoms with Gasteiger partial charge in [0.2, 0.25) is 0 Å². The molecular formula is C11H24O2Si. The standard InChI is InChI=1S/C11H24O2Si/c1-6-8-10-14(12-5,11(3)4)13-9-7-2/h7,11H,2,6,8-10H2,1,3-5H3. The summed E-state index contributed by atoms with van der Waals surface area (Å²) in [4.78, 5) is 0. The molecule has 0 N–H and O–H groups in total. The van der Waals surface area contributed by atoms with Gasteiger partial charge >= 0.3 is 8.56 Å². The fraction of sp³-hybridized carbons (Fsp3) is 0.818. The molecular weight excluding hydrogens is 192 g/mol. The van der Waals surface area contributed by atoms with Crippen molar-refractivity contribution in [2.75, 3.05) is 13.7 Å². The first-order chi connectivity index (χ1) is 6.63. The van der Waals surface area contributed by atoms with E-state index in [1.165, 1.54) is 12.8 Å². The molecule has 0 spiro atoms. The Morgan fingerprint density at radius 3 is 2.43 bits per heavy atom. The van der Waals surface area contributed by atoms with Crippen molar-refractivity contribution < 1.29 is 8.85 Å². The molecule has 0 aliphatic heterocycles. The van der Waals surface area contributed by atoms with Crippen LogP contribution in [0.5, 0.6) is 0 Å². The van der Waals surface area contributed by atoms with Gasteiger partial charge in [-0.3, -0.25) is 0 Å². The molecule has 3 heteroatoms. The van der Waals surface area contributed by atoms with Crippen molar-refractivity contribution in [3.05, 3.63) is 12.7 Å². The van der Waals surface area contributed by atoms with E-state index in [-0.39, 0.29) is 0 Å². The molecule has 0 fully saturated rings. The van der Waals surface area contributed by atoms with Crippen LogP contribution in [0.1, 0.15) is 33.6 Å². The minimum absolute atomic E-state index is 0.499. The molecule has 0 aliphatic carbocycles. The van der Waals surface area contributed by atoms with Crippen LogP contribution in [0.2, 0.25) is 11.6 Å². The maximum atomic E-state index is 5.89. The summed E-state index contributed by atoms with van der Waals surface area (Å²) in [5.74, 6) is 0. The minimum atomic E-state index is -1.96. The third kappa shape index (κ3) is 3.94. The molecule has 1 atom stereocenters. The fourth-order valence-corrected chi connectivity index (χ4v) is 4.64. The highest BCUT2D eigenvalue weighted by atomic mass is 28.4. The highest BCUT2D eigenvalue weighted by Crippen LogP contribution is 2.28. The van der Waals surface area contributed by atoms with Crippen molar-refractivity contribution in [3.63, 3.8) is 0 Å². The van der Waals surface area contributed by atoms with Gasteiger partial charge in [0.15, 0.2) is 0 Å². The first kappa shape index (κ1) is 13.9. The van der Waals surface area contributed by atoms with Crippen molar-refractivity contribution in [2.24, 2.45) is 0 Å². The zero-order valence-corrected chi connectivity index (χ0v) is 11.0. The Morgan fingerprint density at radius 2 is 2.07 bits per heavy atom. The van der Waals surface area contributed by atoms with Crippen molar-refractivity contribution in [1.82, 2.24) is 0 Å². The second-order valence-corrected chi connectivity index (χ2v) is 7.85. The summed E-state index contributed by atoms with van der Waals surface area (Å²) in [6.45, 7) is 10.9. The van der Waals surface area contributed by atoms with Crippen LogP contribution >= 0.6 is 0 Å². The van der Waals surface area contributed by atoms with Crippen LogP contribution in [0.15, 0.2) is 12.7 Å². The highest BCUT2D eigenvalue weighted by molar-refractivity contribution is 6.68. The molecule has 0 heterocycles. The molecule has 0 aromatic rings. The Labute approximate surface area is 89.6 Å². The van der Waals surface area contributed by atoms with Gasteiger partial charge in [-0.05, 0) is 11.6 Å². The molecule has 14 heavy (non-hydrogen) atoms. The lowest BCUT2D eigenvalue weighted by atomic mass is 10.4. The average molecular weight is 216 g/mol. The Bertz CT molecular complexity index is 159. The molecule has 1 unspecified atom stereocenters. The molecule has 0 aromatic carbocycles. The van der Waals surface area contributed by atoms with Gasteiger partial charge in [0.05, 0.1) is 6.61 Å². The Balaban J connectivity index is 4.34. The molecule has 2 nitrogen and oxygen atoms in total. The predicted octanol–water partition coefficient (Wildman–Crippen LogP) is 3.49. The molecule has 0 radical (unpaired) electrons. The zero-order chi connectivity index (χ0) is 11.0. The van der Waals surface area contributed by atoms with Crippen LogP contribution in [0, 0.1) is 0 Å². The number of hydrogen-bond acceptors (Lipinski definition) is 2. The van der Waals surface area contributed by atoms with Gasteiger partial charge in [0, 0.05) is 7.11 Å². The second-order valence-electron chi connectivity index (χ2n) is 3.87. The SMILES string of the molecule is C=CCO[Si](CCCC)(OC)C(C)C. The zero-order valence-electron chi connectivity index (χ0n) is 10.0.